The normalized spacial score (nSPS) is 17.9. The molecule has 112 valence electrons. The summed E-state index contributed by atoms with van der Waals surface area (Å²) in [5.74, 6) is 2.47. The van der Waals surface area contributed by atoms with Crippen LogP contribution < -0.4 is 10.1 Å². The van der Waals surface area contributed by atoms with Crippen LogP contribution in [0.2, 0.25) is 0 Å². The van der Waals surface area contributed by atoms with Gasteiger partial charge < -0.3 is 15.0 Å². The van der Waals surface area contributed by atoms with Gasteiger partial charge in [-0.25, -0.2) is 4.39 Å². The van der Waals surface area contributed by atoms with Gasteiger partial charge in [0.15, 0.2) is 11.6 Å². The van der Waals surface area contributed by atoms with E-state index < -0.39 is 0 Å². The molecule has 1 fully saturated rings. The first-order valence-corrected chi connectivity index (χ1v) is 8.23. The van der Waals surface area contributed by atoms with E-state index in [0.29, 0.717) is 5.75 Å². The molecule has 1 saturated heterocycles. The number of hydrogen-bond acceptors (Lipinski definition) is 4. The molecular weight excluding hydrogens is 275 g/mol. The average Bonchev–Trinajstić information content (AvgIpc) is 2.48. The highest BCUT2D eigenvalue weighted by Gasteiger charge is 2.12. The van der Waals surface area contributed by atoms with E-state index in [1.54, 1.807) is 12.1 Å². The summed E-state index contributed by atoms with van der Waals surface area (Å²) in [6.07, 6.45) is 0. The zero-order chi connectivity index (χ0) is 14.4. The van der Waals surface area contributed by atoms with E-state index in [1.165, 1.54) is 31.7 Å². The van der Waals surface area contributed by atoms with Crippen molar-refractivity contribution in [1.29, 1.82) is 0 Å². The summed E-state index contributed by atoms with van der Waals surface area (Å²) in [7, 11) is 1.48. The summed E-state index contributed by atoms with van der Waals surface area (Å²) in [5.41, 5.74) is 0.956. The predicted octanol–water partition coefficient (Wildman–Crippen LogP) is 2.53. The number of methoxy groups -OCH3 is 1. The third-order valence-corrected chi connectivity index (χ3v) is 4.60. The van der Waals surface area contributed by atoms with Crippen LogP contribution in [-0.4, -0.2) is 49.7 Å². The molecule has 0 saturated carbocycles. The first kappa shape index (κ1) is 15.6. The fourth-order valence-electron chi connectivity index (χ4n) is 2.33. The van der Waals surface area contributed by atoms with Crippen molar-refractivity contribution in [2.45, 2.75) is 13.0 Å². The molecule has 1 aliphatic heterocycles. The zero-order valence-corrected chi connectivity index (χ0v) is 13.0. The molecule has 1 aromatic rings. The van der Waals surface area contributed by atoms with Crippen molar-refractivity contribution in [2.24, 2.45) is 0 Å². The second-order valence-corrected chi connectivity index (χ2v) is 6.25. The van der Waals surface area contributed by atoms with E-state index >= 15 is 0 Å². The van der Waals surface area contributed by atoms with Gasteiger partial charge in [-0.15, -0.1) is 0 Å². The lowest BCUT2D eigenvalue weighted by molar-refractivity contribution is 0.296. The molecule has 3 nitrogen and oxygen atoms in total. The molecule has 1 heterocycles. The molecule has 0 amide bonds. The molecule has 0 bridgehead atoms. The molecular formula is C15H23FN2OS. The number of hydrogen-bond donors (Lipinski definition) is 1. The largest absolute Gasteiger partial charge is 0.494 e. The third-order valence-electron chi connectivity index (χ3n) is 3.66. The van der Waals surface area contributed by atoms with Crippen molar-refractivity contribution in [3.8, 4) is 5.75 Å². The van der Waals surface area contributed by atoms with E-state index in [0.717, 1.165) is 18.7 Å². The fourth-order valence-corrected chi connectivity index (χ4v) is 3.31. The molecule has 0 aliphatic carbocycles. The highest BCUT2D eigenvalue weighted by Crippen LogP contribution is 2.21. The molecule has 1 aromatic carbocycles. The maximum absolute atomic E-state index is 13.7. The summed E-state index contributed by atoms with van der Waals surface area (Å²) < 4.78 is 18.6. The number of ether oxygens (including phenoxy) is 1. The SMILES string of the molecule is COc1ccc(C(C)NCCN2CCSCC2)cc1F. The topological polar surface area (TPSA) is 24.5 Å². The van der Waals surface area contributed by atoms with Gasteiger partial charge >= 0.3 is 0 Å². The Kier molecular flexibility index (Phi) is 6.13. The highest BCUT2D eigenvalue weighted by atomic mass is 32.2. The number of thioether (sulfide) groups is 1. The van der Waals surface area contributed by atoms with Gasteiger partial charge in [0.25, 0.3) is 0 Å². The molecule has 2 rings (SSSR count). The van der Waals surface area contributed by atoms with Crippen molar-refractivity contribution in [3.63, 3.8) is 0 Å². The zero-order valence-electron chi connectivity index (χ0n) is 12.2. The number of benzene rings is 1. The lowest BCUT2D eigenvalue weighted by atomic mass is 10.1. The smallest absolute Gasteiger partial charge is 0.165 e. The van der Waals surface area contributed by atoms with E-state index in [2.05, 4.69) is 17.1 Å². The number of nitrogens with one attached hydrogen (secondary N) is 1. The Hall–Kier alpha value is -0.780. The van der Waals surface area contributed by atoms with Gasteiger partial charge in [-0.1, -0.05) is 6.07 Å². The summed E-state index contributed by atoms with van der Waals surface area (Å²) in [4.78, 5) is 2.48. The lowest BCUT2D eigenvalue weighted by Gasteiger charge is -2.27. The molecule has 0 radical (unpaired) electrons. The summed E-state index contributed by atoms with van der Waals surface area (Å²) >= 11 is 2.02. The Morgan fingerprint density at radius 2 is 2.15 bits per heavy atom. The van der Waals surface area contributed by atoms with Crippen LogP contribution in [0.4, 0.5) is 4.39 Å². The van der Waals surface area contributed by atoms with Crippen LogP contribution in [0.1, 0.15) is 18.5 Å². The van der Waals surface area contributed by atoms with Crippen molar-refractivity contribution in [1.82, 2.24) is 10.2 Å². The summed E-state index contributed by atoms with van der Waals surface area (Å²) in [6, 6.07) is 5.30. The number of halogens is 1. The van der Waals surface area contributed by atoms with Gasteiger partial charge in [0.2, 0.25) is 0 Å². The Bertz CT molecular complexity index is 424. The van der Waals surface area contributed by atoms with Gasteiger partial charge in [-0.2, -0.15) is 11.8 Å². The van der Waals surface area contributed by atoms with Crippen molar-refractivity contribution < 1.29 is 9.13 Å². The van der Waals surface area contributed by atoms with E-state index in [1.807, 2.05) is 17.8 Å². The maximum atomic E-state index is 13.7. The Balaban J connectivity index is 1.79. The Morgan fingerprint density at radius 1 is 1.40 bits per heavy atom. The molecule has 1 unspecified atom stereocenters. The summed E-state index contributed by atoms with van der Waals surface area (Å²) in [5, 5.41) is 3.45. The molecule has 1 aliphatic rings. The molecule has 0 aromatic heterocycles. The quantitative estimate of drug-likeness (QED) is 0.872. The van der Waals surface area contributed by atoms with Crippen LogP contribution in [0, 0.1) is 5.82 Å². The first-order valence-electron chi connectivity index (χ1n) is 7.07. The van der Waals surface area contributed by atoms with Crippen LogP contribution >= 0.6 is 11.8 Å². The van der Waals surface area contributed by atoms with Crippen molar-refractivity contribution in [3.05, 3.63) is 29.6 Å². The molecule has 0 spiro atoms. The Labute approximate surface area is 124 Å². The molecule has 1 atom stereocenters. The second kappa shape index (κ2) is 7.86. The highest BCUT2D eigenvalue weighted by molar-refractivity contribution is 7.99. The van der Waals surface area contributed by atoms with Gasteiger partial charge in [0.1, 0.15) is 0 Å². The minimum atomic E-state index is -0.299. The van der Waals surface area contributed by atoms with Crippen LogP contribution in [-0.2, 0) is 0 Å². The van der Waals surface area contributed by atoms with Gasteiger partial charge in [0.05, 0.1) is 7.11 Å². The minimum Gasteiger partial charge on any atom is -0.494 e. The average molecular weight is 298 g/mol. The Morgan fingerprint density at radius 3 is 2.80 bits per heavy atom. The van der Waals surface area contributed by atoms with Gasteiger partial charge in [-0.05, 0) is 24.6 Å². The standard InChI is InChI=1S/C15H23FN2OS/c1-12(13-3-4-15(19-2)14(16)11-13)17-5-6-18-7-9-20-10-8-18/h3-4,11-12,17H,5-10H2,1-2H3. The lowest BCUT2D eigenvalue weighted by Crippen LogP contribution is -2.38. The third kappa shape index (κ3) is 4.36. The van der Waals surface area contributed by atoms with Crippen molar-refractivity contribution in [2.75, 3.05) is 44.8 Å². The predicted molar refractivity (Wildman–Crippen MR) is 83.1 cm³/mol. The van der Waals surface area contributed by atoms with Gasteiger partial charge in [-0.3, -0.25) is 0 Å². The second-order valence-electron chi connectivity index (χ2n) is 5.02. The monoisotopic (exact) mass is 298 g/mol. The van der Waals surface area contributed by atoms with E-state index in [9.17, 15) is 4.39 Å². The number of nitrogens with zero attached hydrogens (tertiary/aromatic N) is 1. The van der Waals surface area contributed by atoms with Crippen LogP contribution in [0.3, 0.4) is 0 Å². The molecule has 20 heavy (non-hydrogen) atoms. The first-order chi connectivity index (χ1) is 9.70. The van der Waals surface area contributed by atoms with E-state index in [4.69, 9.17) is 4.74 Å². The van der Waals surface area contributed by atoms with Crippen LogP contribution in [0.5, 0.6) is 5.75 Å². The maximum Gasteiger partial charge on any atom is 0.165 e. The van der Waals surface area contributed by atoms with Crippen molar-refractivity contribution >= 4 is 11.8 Å². The fraction of sp³-hybridized carbons (Fsp3) is 0.600. The molecule has 5 heteroatoms. The van der Waals surface area contributed by atoms with Crippen LogP contribution in [0.15, 0.2) is 18.2 Å². The minimum absolute atomic E-state index is 0.148. The number of rotatable bonds is 6. The van der Waals surface area contributed by atoms with Gasteiger partial charge in [0, 0.05) is 43.7 Å². The van der Waals surface area contributed by atoms with E-state index in [-0.39, 0.29) is 11.9 Å². The molecule has 1 N–H and O–H groups in total. The summed E-state index contributed by atoms with van der Waals surface area (Å²) in [6.45, 7) is 6.41. The van der Waals surface area contributed by atoms with Crippen LogP contribution in [0.25, 0.3) is 0 Å².